The molecular formula is C25H28BrN3O6S3. The molecule has 0 saturated heterocycles. The fourth-order valence-corrected chi connectivity index (χ4v) is 8.53. The van der Waals surface area contributed by atoms with Gasteiger partial charge in [-0.3, -0.25) is 9.59 Å². The van der Waals surface area contributed by atoms with Gasteiger partial charge in [0.1, 0.15) is 16.5 Å². The monoisotopic (exact) mass is 641 g/mol. The number of thiophene rings is 1. The highest BCUT2D eigenvalue weighted by Crippen LogP contribution is 2.40. The van der Waals surface area contributed by atoms with E-state index in [1.165, 1.54) is 22.7 Å². The number of sulfone groups is 1. The fraction of sp³-hybridized carbons (Fsp3) is 0.440. The van der Waals surface area contributed by atoms with Crippen LogP contribution in [0.5, 0.6) is 0 Å². The second-order valence-electron chi connectivity index (χ2n) is 9.10. The zero-order valence-electron chi connectivity index (χ0n) is 21.2. The molecule has 1 N–H and O–H groups in total. The van der Waals surface area contributed by atoms with Gasteiger partial charge < -0.3 is 14.6 Å². The molecule has 2 amide bonds. The summed E-state index contributed by atoms with van der Waals surface area (Å²) in [4.78, 5) is 43.4. The highest BCUT2D eigenvalue weighted by molar-refractivity contribution is 9.10. The Bertz CT molecular complexity index is 1590. The van der Waals surface area contributed by atoms with E-state index in [0.717, 1.165) is 38.0 Å². The van der Waals surface area contributed by atoms with Gasteiger partial charge in [-0.05, 0) is 62.8 Å². The molecule has 1 aliphatic rings. The molecule has 2 heterocycles. The molecule has 0 fully saturated rings. The molecule has 38 heavy (non-hydrogen) atoms. The van der Waals surface area contributed by atoms with E-state index in [-0.39, 0.29) is 6.61 Å². The van der Waals surface area contributed by atoms with Crippen molar-refractivity contribution in [2.75, 3.05) is 23.4 Å². The van der Waals surface area contributed by atoms with Crippen molar-refractivity contribution in [2.45, 2.75) is 46.6 Å². The predicted molar refractivity (Wildman–Crippen MR) is 153 cm³/mol. The Balaban J connectivity index is 1.50. The lowest BCUT2D eigenvalue weighted by molar-refractivity contribution is -0.115. The number of thiazole rings is 1. The van der Waals surface area contributed by atoms with Crippen LogP contribution in [-0.2, 0) is 43.5 Å². The third-order valence-electron chi connectivity index (χ3n) is 6.12. The van der Waals surface area contributed by atoms with Crippen molar-refractivity contribution in [3.05, 3.63) is 43.5 Å². The number of nitrogens with one attached hydrogen (secondary N) is 1. The first-order chi connectivity index (χ1) is 18.0. The van der Waals surface area contributed by atoms with Crippen LogP contribution in [0.1, 0.15) is 48.0 Å². The highest BCUT2D eigenvalue weighted by Gasteiger charge is 2.30. The molecule has 0 spiro atoms. The summed E-state index contributed by atoms with van der Waals surface area (Å²) in [5, 5.41) is 2.88. The smallest absolute Gasteiger partial charge is 0.341 e. The summed E-state index contributed by atoms with van der Waals surface area (Å²) in [6.07, 6.45) is 2.39. The van der Waals surface area contributed by atoms with Gasteiger partial charge in [0, 0.05) is 15.9 Å². The summed E-state index contributed by atoms with van der Waals surface area (Å²) in [5.41, 5.74) is 2.05. The molecule has 4 rings (SSSR count). The Kier molecular flexibility index (Phi) is 8.90. The number of hydrogen-bond donors (Lipinski definition) is 1. The Hall–Kier alpha value is -2.35. The number of benzene rings is 1. The summed E-state index contributed by atoms with van der Waals surface area (Å²) in [6, 6.07) is 5.69. The molecule has 0 aliphatic heterocycles. The number of anilines is 1. The number of amides is 2. The minimum atomic E-state index is -4.11. The number of rotatable bonds is 8. The van der Waals surface area contributed by atoms with Gasteiger partial charge in [-0.15, -0.1) is 11.3 Å². The van der Waals surface area contributed by atoms with Crippen molar-refractivity contribution in [3.63, 3.8) is 0 Å². The van der Waals surface area contributed by atoms with E-state index in [9.17, 15) is 22.8 Å². The highest BCUT2D eigenvalue weighted by atomic mass is 79.9. The number of aryl methyl sites for hydroxylation is 1. The van der Waals surface area contributed by atoms with Crippen LogP contribution < -0.4 is 10.1 Å². The van der Waals surface area contributed by atoms with Crippen molar-refractivity contribution in [3.8, 4) is 0 Å². The predicted octanol–water partition coefficient (Wildman–Crippen LogP) is 4.33. The Morgan fingerprint density at radius 3 is 2.68 bits per heavy atom. The van der Waals surface area contributed by atoms with E-state index in [0.29, 0.717) is 34.2 Å². The van der Waals surface area contributed by atoms with Crippen LogP contribution in [0.4, 0.5) is 5.00 Å². The zero-order valence-corrected chi connectivity index (χ0v) is 25.2. The lowest BCUT2D eigenvalue weighted by Crippen LogP contribution is -2.28. The first-order valence-electron chi connectivity index (χ1n) is 12.2. The Morgan fingerprint density at radius 1 is 1.21 bits per heavy atom. The summed E-state index contributed by atoms with van der Waals surface area (Å²) < 4.78 is 34.3. The summed E-state index contributed by atoms with van der Waals surface area (Å²) in [5.74, 6) is -3.55. The maximum absolute atomic E-state index is 12.7. The molecule has 2 aromatic heterocycles. The van der Waals surface area contributed by atoms with Gasteiger partial charge in [0.05, 0.1) is 22.4 Å². The van der Waals surface area contributed by atoms with Crippen molar-refractivity contribution in [1.82, 2.24) is 4.57 Å². The molecule has 1 atom stereocenters. The van der Waals surface area contributed by atoms with E-state index in [1.807, 2.05) is 29.7 Å². The van der Waals surface area contributed by atoms with Crippen LogP contribution in [0.3, 0.4) is 0 Å². The van der Waals surface area contributed by atoms with Crippen molar-refractivity contribution < 1.29 is 27.5 Å². The Labute approximate surface area is 237 Å². The van der Waals surface area contributed by atoms with E-state index in [4.69, 9.17) is 4.74 Å². The first-order valence-corrected chi connectivity index (χ1v) is 16.4. The average Bonchev–Trinajstić information content (AvgIpc) is 3.33. The average molecular weight is 643 g/mol. The van der Waals surface area contributed by atoms with Gasteiger partial charge in [0.25, 0.3) is 5.91 Å². The van der Waals surface area contributed by atoms with Crippen LogP contribution in [0, 0.1) is 5.92 Å². The number of aromatic nitrogens is 1. The lowest BCUT2D eigenvalue weighted by atomic mass is 9.88. The SMILES string of the molecule is CCOC(=O)c1c(NC(=O)CS(=O)(=O)CC(=O)N=c2sc3cc(Br)ccc3n2CC)sc2c1CCC(C)C2. The van der Waals surface area contributed by atoms with Crippen LogP contribution in [0.15, 0.2) is 27.7 Å². The first kappa shape index (κ1) is 28.7. The molecule has 3 aromatic rings. The maximum atomic E-state index is 12.7. The normalized spacial score (nSPS) is 15.9. The topological polar surface area (TPSA) is 124 Å². The second-order valence-corrected chi connectivity index (χ2v) is 14.2. The van der Waals surface area contributed by atoms with E-state index in [1.54, 1.807) is 6.92 Å². The maximum Gasteiger partial charge on any atom is 0.341 e. The molecular weight excluding hydrogens is 614 g/mol. The summed E-state index contributed by atoms with van der Waals surface area (Å²) in [7, 11) is -4.11. The molecule has 1 unspecified atom stereocenters. The van der Waals surface area contributed by atoms with E-state index < -0.39 is 39.1 Å². The van der Waals surface area contributed by atoms with Gasteiger partial charge in [-0.25, -0.2) is 13.2 Å². The minimum absolute atomic E-state index is 0.183. The number of halogens is 1. The van der Waals surface area contributed by atoms with Crippen LogP contribution >= 0.6 is 38.6 Å². The standard InChI is InChI=1S/C25H28BrN3O6S3/c1-4-29-17-9-7-15(26)11-19(17)37-25(29)28-21(31)13-38(33,34)12-20(30)27-23-22(24(32)35-5-2)16-8-6-14(3)10-18(16)36-23/h7,9,11,14H,4-6,8,10,12-13H2,1-3H3,(H,27,30). The molecule has 1 aromatic carbocycles. The van der Waals surface area contributed by atoms with Crippen LogP contribution in [-0.4, -0.2) is 48.9 Å². The molecule has 13 heteroatoms. The molecule has 9 nitrogen and oxygen atoms in total. The largest absolute Gasteiger partial charge is 0.462 e. The minimum Gasteiger partial charge on any atom is -0.462 e. The number of nitrogens with zero attached hydrogens (tertiary/aromatic N) is 2. The summed E-state index contributed by atoms with van der Waals surface area (Å²) in [6.45, 7) is 6.47. The van der Waals surface area contributed by atoms with Gasteiger partial charge >= 0.3 is 5.97 Å². The number of carbonyl (C=O) groups excluding carboxylic acids is 3. The molecule has 0 bridgehead atoms. The summed E-state index contributed by atoms with van der Waals surface area (Å²) >= 11 is 5.98. The van der Waals surface area contributed by atoms with Gasteiger partial charge in [-0.2, -0.15) is 4.99 Å². The van der Waals surface area contributed by atoms with Gasteiger partial charge in [-0.1, -0.05) is 34.2 Å². The van der Waals surface area contributed by atoms with Crippen molar-refractivity contribution >= 4 is 81.4 Å². The van der Waals surface area contributed by atoms with E-state index in [2.05, 4.69) is 33.2 Å². The van der Waals surface area contributed by atoms with Crippen LogP contribution in [0.2, 0.25) is 0 Å². The van der Waals surface area contributed by atoms with Gasteiger partial charge in [0.15, 0.2) is 14.6 Å². The molecule has 0 radical (unpaired) electrons. The van der Waals surface area contributed by atoms with Gasteiger partial charge in [0.2, 0.25) is 5.91 Å². The number of fused-ring (bicyclic) bond motifs is 2. The third kappa shape index (κ3) is 6.44. The van der Waals surface area contributed by atoms with Crippen LogP contribution in [0.25, 0.3) is 10.2 Å². The molecule has 204 valence electrons. The number of carbonyl (C=O) groups is 3. The quantitative estimate of drug-likeness (QED) is 0.365. The van der Waals surface area contributed by atoms with Crippen molar-refractivity contribution in [2.24, 2.45) is 10.9 Å². The number of hydrogen-bond acceptors (Lipinski definition) is 8. The second kappa shape index (κ2) is 11.8. The number of ether oxygens (including phenoxy) is 1. The van der Waals surface area contributed by atoms with E-state index >= 15 is 0 Å². The Morgan fingerprint density at radius 2 is 1.97 bits per heavy atom. The van der Waals surface area contributed by atoms with Crippen molar-refractivity contribution in [1.29, 1.82) is 0 Å². The molecule has 0 saturated carbocycles. The third-order valence-corrected chi connectivity index (χ3v) is 10.2. The number of esters is 1. The zero-order chi connectivity index (χ0) is 27.6. The lowest BCUT2D eigenvalue weighted by Gasteiger charge is -2.18. The molecule has 1 aliphatic carbocycles. The fourth-order valence-electron chi connectivity index (χ4n) is 4.44.